The quantitative estimate of drug-likeness (QED) is 0.141. The zero-order valence-corrected chi connectivity index (χ0v) is 23.2. The summed E-state index contributed by atoms with van der Waals surface area (Å²) in [7, 11) is 0. The van der Waals surface area contributed by atoms with Crippen molar-refractivity contribution in [3.05, 3.63) is 146 Å². The molecule has 3 heterocycles. The predicted molar refractivity (Wildman–Crippen MR) is 153 cm³/mol. The van der Waals surface area contributed by atoms with E-state index < -0.39 is 0 Å². The summed E-state index contributed by atoms with van der Waals surface area (Å²) in [5, 5.41) is 4.87. The minimum absolute atomic E-state index is 0. The van der Waals surface area contributed by atoms with Gasteiger partial charge in [0.25, 0.3) is 0 Å². The van der Waals surface area contributed by atoms with Gasteiger partial charge in [-0.1, -0.05) is 65.4 Å². The molecule has 0 amide bonds. The van der Waals surface area contributed by atoms with Crippen LogP contribution < -0.4 is 0 Å². The van der Waals surface area contributed by atoms with Crippen molar-refractivity contribution in [2.24, 2.45) is 0 Å². The second-order valence-electron chi connectivity index (χ2n) is 8.65. The Morgan fingerprint density at radius 2 is 1.33 bits per heavy atom. The molecule has 0 aliphatic carbocycles. The van der Waals surface area contributed by atoms with E-state index in [0.717, 1.165) is 33.8 Å². The standard InChI is InChI=1S/C23H14N3.C11H8N.Ir/c1-2-4-20-16(3-1)5-6-17-7-8-18(13-21(17)20)22-14-19(9-10-25-22)23-15-24-11-12-26-23;1-2-6-10(7-3-1)11-8-4-5-9-12-11;/h1-7,9-15H;1-6,8-9H;/q2*-1;. The Kier molecular flexibility index (Phi) is 8.23. The average Bonchev–Trinajstić information content (AvgIpc) is 3.02. The molecule has 4 nitrogen and oxygen atoms in total. The van der Waals surface area contributed by atoms with Gasteiger partial charge < -0.3 is 9.97 Å². The monoisotopic (exact) mass is 679 g/mol. The van der Waals surface area contributed by atoms with Gasteiger partial charge in [-0.05, 0) is 39.9 Å². The topological polar surface area (TPSA) is 51.6 Å². The Hall–Kier alpha value is -4.57. The third-order valence-electron chi connectivity index (χ3n) is 6.22. The molecule has 0 unspecified atom stereocenters. The van der Waals surface area contributed by atoms with E-state index in [9.17, 15) is 0 Å². The van der Waals surface area contributed by atoms with Gasteiger partial charge >= 0.3 is 0 Å². The molecule has 7 rings (SSSR count). The van der Waals surface area contributed by atoms with Gasteiger partial charge in [-0.3, -0.25) is 9.97 Å². The number of rotatable bonds is 3. The molecule has 4 aromatic carbocycles. The molecule has 39 heavy (non-hydrogen) atoms. The van der Waals surface area contributed by atoms with Gasteiger partial charge in [0.1, 0.15) is 0 Å². The van der Waals surface area contributed by atoms with Gasteiger partial charge in [-0.15, -0.1) is 59.7 Å². The van der Waals surface area contributed by atoms with Crippen LogP contribution in [0, 0.1) is 12.1 Å². The molecule has 7 aromatic rings. The van der Waals surface area contributed by atoms with Crippen molar-refractivity contribution in [3.63, 3.8) is 0 Å². The summed E-state index contributed by atoms with van der Waals surface area (Å²) in [6.45, 7) is 0. The van der Waals surface area contributed by atoms with Crippen LogP contribution in [0.5, 0.6) is 0 Å². The number of pyridine rings is 2. The summed E-state index contributed by atoms with van der Waals surface area (Å²) in [5.41, 5.74) is 5.69. The fraction of sp³-hybridized carbons (Fsp3) is 0. The molecular weight excluding hydrogens is 657 g/mol. The largest absolute Gasteiger partial charge is 0.305 e. The van der Waals surface area contributed by atoms with Crippen LogP contribution in [0.25, 0.3) is 55.3 Å². The van der Waals surface area contributed by atoms with Crippen LogP contribution in [0.15, 0.2) is 134 Å². The maximum absolute atomic E-state index is 4.54. The zero-order valence-electron chi connectivity index (χ0n) is 20.8. The molecule has 0 bridgehead atoms. The van der Waals surface area contributed by atoms with E-state index in [1.807, 2.05) is 60.7 Å². The fourth-order valence-electron chi connectivity index (χ4n) is 4.35. The molecule has 1 radical (unpaired) electrons. The van der Waals surface area contributed by atoms with E-state index in [0.29, 0.717) is 0 Å². The fourth-order valence-corrected chi connectivity index (χ4v) is 4.35. The molecular formula is C34H22IrN4-2. The molecule has 0 saturated heterocycles. The Bertz CT molecular complexity index is 1770. The van der Waals surface area contributed by atoms with Crippen molar-refractivity contribution in [3.8, 4) is 33.8 Å². The molecule has 189 valence electrons. The average molecular weight is 679 g/mol. The SMILES string of the molecule is [Ir].[c-]1cc2ccc3ccccc3c2cc1-c1cc(-c2cnccn2)ccn1.[c-]1ccccc1-c1ccccn1. The minimum Gasteiger partial charge on any atom is -0.305 e. The molecule has 5 heteroatoms. The van der Waals surface area contributed by atoms with Gasteiger partial charge in [0, 0.05) is 44.9 Å². The number of benzene rings is 4. The number of hydrogen-bond acceptors (Lipinski definition) is 4. The molecule has 0 fully saturated rings. The smallest absolute Gasteiger partial charge is 0.0878 e. The Morgan fingerprint density at radius 3 is 2.15 bits per heavy atom. The second kappa shape index (κ2) is 12.3. The van der Waals surface area contributed by atoms with E-state index in [1.165, 1.54) is 21.5 Å². The van der Waals surface area contributed by atoms with Gasteiger partial charge in [0.05, 0.1) is 11.9 Å². The summed E-state index contributed by atoms with van der Waals surface area (Å²) in [5.74, 6) is 0. The molecule has 0 spiro atoms. The second-order valence-corrected chi connectivity index (χ2v) is 8.65. The van der Waals surface area contributed by atoms with Crippen LogP contribution in [0.4, 0.5) is 0 Å². The molecule has 0 aliphatic heterocycles. The van der Waals surface area contributed by atoms with E-state index >= 15 is 0 Å². The van der Waals surface area contributed by atoms with Gasteiger partial charge in [-0.25, -0.2) is 0 Å². The first-order chi connectivity index (χ1) is 18.8. The number of aromatic nitrogens is 4. The molecule has 0 N–H and O–H groups in total. The third-order valence-corrected chi connectivity index (χ3v) is 6.22. The van der Waals surface area contributed by atoms with Crippen LogP contribution in [0.3, 0.4) is 0 Å². The summed E-state index contributed by atoms with van der Waals surface area (Å²) in [6, 6.07) is 41.1. The number of hydrogen-bond donors (Lipinski definition) is 0. The Labute approximate surface area is 240 Å². The summed E-state index contributed by atoms with van der Waals surface area (Å²) < 4.78 is 0. The van der Waals surface area contributed by atoms with Crippen LogP contribution >= 0.6 is 0 Å². The van der Waals surface area contributed by atoms with E-state index in [-0.39, 0.29) is 20.1 Å². The summed E-state index contributed by atoms with van der Waals surface area (Å²) >= 11 is 0. The first-order valence-electron chi connectivity index (χ1n) is 12.3. The Balaban J connectivity index is 0.000000200. The normalized spacial score (nSPS) is 10.4. The van der Waals surface area contributed by atoms with Crippen LogP contribution in [-0.4, -0.2) is 19.9 Å². The van der Waals surface area contributed by atoms with Crippen molar-refractivity contribution in [2.75, 3.05) is 0 Å². The first kappa shape index (κ1) is 26.1. The maximum atomic E-state index is 4.54. The van der Waals surface area contributed by atoms with Crippen molar-refractivity contribution < 1.29 is 20.1 Å². The first-order valence-corrected chi connectivity index (χ1v) is 12.3. The molecule has 0 saturated carbocycles. The van der Waals surface area contributed by atoms with Gasteiger partial charge in [0.15, 0.2) is 0 Å². The maximum Gasteiger partial charge on any atom is 0.0878 e. The third kappa shape index (κ3) is 5.96. The molecule has 0 aliphatic rings. The van der Waals surface area contributed by atoms with Crippen molar-refractivity contribution in [1.29, 1.82) is 0 Å². The number of fused-ring (bicyclic) bond motifs is 3. The van der Waals surface area contributed by atoms with Gasteiger partial charge in [0.2, 0.25) is 0 Å². The van der Waals surface area contributed by atoms with Crippen molar-refractivity contribution in [2.45, 2.75) is 0 Å². The minimum atomic E-state index is 0. The van der Waals surface area contributed by atoms with E-state index in [4.69, 9.17) is 0 Å². The van der Waals surface area contributed by atoms with Gasteiger partial charge in [-0.2, -0.15) is 0 Å². The zero-order chi connectivity index (χ0) is 25.6. The van der Waals surface area contributed by atoms with E-state index in [1.54, 1.807) is 31.0 Å². The number of nitrogens with zero attached hydrogens (tertiary/aromatic N) is 4. The summed E-state index contributed by atoms with van der Waals surface area (Å²) in [6.07, 6.45) is 8.73. The van der Waals surface area contributed by atoms with E-state index in [2.05, 4.69) is 74.5 Å². The van der Waals surface area contributed by atoms with Crippen LogP contribution in [0.1, 0.15) is 0 Å². The predicted octanol–water partition coefficient (Wildman–Crippen LogP) is 7.86. The summed E-state index contributed by atoms with van der Waals surface area (Å²) in [4.78, 5) is 17.3. The Morgan fingerprint density at radius 1 is 0.513 bits per heavy atom. The van der Waals surface area contributed by atoms with Crippen LogP contribution in [0.2, 0.25) is 0 Å². The van der Waals surface area contributed by atoms with Crippen molar-refractivity contribution in [1.82, 2.24) is 19.9 Å². The molecule has 3 aromatic heterocycles. The molecule has 0 atom stereocenters. The van der Waals surface area contributed by atoms with Crippen LogP contribution in [-0.2, 0) is 20.1 Å². The van der Waals surface area contributed by atoms with Crippen molar-refractivity contribution >= 4 is 21.5 Å².